The Morgan fingerprint density at radius 1 is 1.41 bits per heavy atom. The first-order chi connectivity index (χ1) is 15.3. The van der Waals surface area contributed by atoms with E-state index in [-0.39, 0.29) is 11.8 Å². The average Bonchev–Trinajstić information content (AvgIpc) is 3.46. The molecule has 0 unspecified atom stereocenters. The van der Waals surface area contributed by atoms with Crippen molar-refractivity contribution in [2.45, 2.75) is 25.6 Å². The summed E-state index contributed by atoms with van der Waals surface area (Å²) < 4.78 is 15.6. The van der Waals surface area contributed by atoms with Crippen molar-refractivity contribution in [1.29, 1.82) is 0 Å². The molecular weight excluding hydrogens is 470 g/mol. The molecule has 32 heavy (non-hydrogen) atoms. The Kier molecular flexibility index (Phi) is 8.10. The number of nitrogens with zero attached hydrogens (tertiary/aromatic N) is 2. The summed E-state index contributed by atoms with van der Waals surface area (Å²) in [5, 5.41) is 19.7. The van der Waals surface area contributed by atoms with Crippen LogP contribution in [0.5, 0.6) is 11.5 Å². The van der Waals surface area contributed by atoms with Gasteiger partial charge >= 0.3 is 5.97 Å². The second kappa shape index (κ2) is 10.8. The molecule has 1 atom stereocenters. The van der Waals surface area contributed by atoms with Crippen LogP contribution in [0.4, 0.5) is 0 Å². The fourth-order valence-electron chi connectivity index (χ4n) is 3.08. The minimum Gasteiger partial charge on any atom is -0.507 e. The molecule has 0 amide bonds. The van der Waals surface area contributed by atoms with Crippen LogP contribution in [0.25, 0.3) is 0 Å². The molecule has 3 rings (SSSR count). The first-order valence-corrected chi connectivity index (χ1v) is 12.0. The van der Waals surface area contributed by atoms with Crippen LogP contribution >= 0.6 is 35.3 Å². The van der Waals surface area contributed by atoms with E-state index in [0.717, 1.165) is 4.88 Å². The van der Waals surface area contributed by atoms with E-state index >= 15 is 0 Å². The highest BCUT2D eigenvalue weighted by molar-refractivity contribution is 7.98. The van der Waals surface area contributed by atoms with E-state index in [0.29, 0.717) is 50.6 Å². The Morgan fingerprint density at radius 3 is 2.78 bits per heavy atom. The molecule has 1 aromatic carbocycles. The summed E-state index contributed by atoms with van der Waals surface area (Å²) in [6, 6.07) is 5.02. The molecule has 170 valence electrons. The normalized spacial score (nSPS) is 11.8. The third-order valence-corrected chi connectivity index (χ3v) is 7.07. The van der Waals surface area contributed by atoms with Crippen molar-refractivity contribution in [3.8, 4) is 11.5 Å². The van der Waals surface area contributed by atoms with Gasteiger partial charge in [0.05, 0.1) is 24.7 Å². The number of thiocarbonyl (C=S) groups is 1. The molecule has 2 aromatic heterocycles. The lowest BCUT2D eigenvalue weighted by Gasteiger charge is -2.18. The predicted octanol–water partition coefficient (Wildman–Crippen LogP) is 4.19. The molecule has 2 N–H and O–H groups in total. The van der Waals surface area contributed by atoms with E-state index in [1.165, 1.54) is 43.4 Å². The number of phenolic OH excluding ortho intramolecular Hbond substituents is 1. The van der Waals surface area contributed by atoms with Crippen LogP contribution in [0.1, 0.15) is 44.1 Å². The standard InChI is InChI=1S/C21H23N3O5S3/c1-11-16(27-3)8-15(25)13(18(11)21(26)28-4)9-31-10-14(19-22-12(2)24-29-19)23-20(30)17-6-5-7-32-17/h5-8,14,25H,9-10H2,1-4H3,(H,23,30)/t14-/m0/s1. The number of benzene rings is 1. The molecule has 11 heteroatoms. The second-order valence-electron chi connectivity index (χ2n) is 6.77. The number of hydrogen-bond donors (Lipinski definition) is 2. The van der Waals surface area contributed by atoms with Gasteiger partial charge in [0.1, 0.15) is 22.5 Å². The number of ether oxygens (including phenoxy) is 2. The van der Waals surface area contributed by atoms with Crippen molar-refractivity contribution in [2.75, 3.05) is 20.0 Å². The molecule has 0 bridgehead atoms. The summed E-state index contributed by atoms with van der Waals surface area (Å²) >= 11 is 8.54. The summed E-state index contributed by atoms with van der Waals surface area (Å²) in [5.74, 6) is 1.63. The fraction of sp³-hybridized carbons (Fsp3) is 0.333. The number of aromatic nitrogens is 2. The molecule has 0 spiro atoms. The SMILES string of the molecule is COC(=O)c1c(C)c(OC)cc(O)c1CSC[C@H](NC(=S)c1cccs1)c1nc(C)no1. The van der Waals surface area contributed by atoms with E-state index in [4.69, 9.17) is 26.2 Å². The Bertz CT molecular complexity index is 1100. The summed E-state index contributed by atoms with van der Waals surface area (Å²) in [6.07, 6.45) is 0. The zero-order valence-electron chi connectivity index (χ0n) is 18.0. The van der Waals surface area contributed by atoms with Crippen LogP contribution in [0.2, 0.25) is 0 Å². The number of thioether (sulfide) groups is 1. The van der Waals surface area contributed by atoms with Gasteiger partial charge in [0.2, 0.25) is 5.89 Å². The minimum atomic E-state index is -0.534. The van der Waals surface area contributed by atoms with Crippen LogP contribution in [0.3, 0.4) is 0 Å². The van der Waals surface area contributed by atoms with Gasteiger partial charge in [-0.3, -0.25) is 0 Å². The number of hydrogen-bond acceptors (Lipinski definition) is 10. The van der Waals surface area contributed by atoms with Crippen molar-refractivity contribution in [3.63, 3.8) is 0 Å². The minimum absolute atomic E-state index is 0.0346. The Labute approximate surface area is 199 Å². The number of nitrogens with one attached hydrogen (secondary N) is 1. The fourth-order valence-corrected chi connectivity index (χ4v) is 5.14. The van der Waals surface area contributed by atoms with Crippen molar-refractivity contribution in [1.82, 2.24) is 15.5 Å². The topological polar surface area (TPSA) is 107 Å². The van der Waals surface area contributed by atoms with Gasteiger partial charge in [-0.05, 0) is 25.3 Å². The lowest BCUT2D eigenvalue weighted by atomic mass is 10.0. The molecule has 0 fully saturated rings. The third-order valence-electron chi connectivity index (χ3n) is 4.66. The molecule has 0 aliphatic heterocycles. The molecule has 0 aliphatic rings. The molecule has 0 saturated heterocycles. The van der Waals surface area contributed by atoms with Gasteiger partial charge in [-0.2, -0.15) is 16.7 Å². The van der Waals surface area contributed by atoms with E-state index in [1.54, 1.807) is 13.8 Å². The zero-order valence-corrected chi connectivity index (χ0v) is 20.4. The maximum Gasteiger partial charge on any atom is 0.338 e. The number of phenols is 1. The van der Waals surface area contributed by atoms with Crippen LogP contribution in [-0.4, -0.2) is 46.2 Å². The molecule has 8 nitrogen and oxygen atoms in total. The Hall–Kier alpha value is -2.63. The second-order valence-corrected chi connectivity index (χ2v) is 9.15. The highest BCUT2D eigenvalue weighted by Gasteiger charge is 2.24. The largest absolute Gasteiger partial charge is 0.507 e. The maximum absolute atomic E-state index is 12.4. The lowest BCUT2D eigenvalue weighted by molar-refractivity contribution is 0.0598. The van der Waals surface area contributed by atoms with Crippen molar-refractivity contribution >= 4 is 46.3 Å². The van der Waals surface area contributed by atoms with Crippen LogP contribution in [-0.2, 0) is 10.5 Å². The van der Waals surface area contributed by atoms with Gasteiger partial charge in [-0.1, -0.05) is 23.4 Å². The zero-order chi connectivity index (χ0) is 23.3. The first-order valence-electron chi connectivity index (χ1n) is 9.55. The average molecular weight is 494 g/mol. The van der Waals surface area contributed by atoms with Crippen molar-refractivity contribution < 1.29 is 23.9 Å². The molecule has 0 saturated carbocycles. The van der Waals surface area contributed by atoms with Gasteiger partial charge < -0.3 is 24.4 Å². The van der Waals surface area contributed by atoms with Crippen LogP contribution in [0, 0.1) is 13.8 Å². The molecule has 2 heterocycles. The summed E-state index contributed by atoms with van der Waals surface area (Å²) in [4.78, 5) is 18.3. The smallest absolute Gasteiger partial charge is 0.338 e. The number of esters is 1. The van der Waals surface area contributed by atoms with Gasteiger partial charge in [-0.25, -0.2) is 4.79 Å². The number of aromatic hydroxyl groups is 1. The van der Waals surface area contributed by atoms with E-state index in [1.807, 2.05) is 17.5 Å². The van der Waals surface area contributed by atoms with Gasteiger partial charge in [0.15, 0.2) is 5.82 Å². The summed E-state index contributed by atoms with van der Waals surface area (Å²) in [6.45, 7) is 3.50. The maximum atomic E-state index is 12.4. The number of rotatable bonds is 9. The van der Waals surface area contributed by atoms with E-state index < -0.39 is 5.97 Å². The van der Waals surface area contributed by atoms with Crippen molar-refractivity contribution in [3.05, 3.63) is 56.9 Å². The highest BCUT2D eigenvalue weighted by atomic mass is 32.2. The number of aryl methyl sites for hydroxylation is 1. The Morgan fingerprint density at radius 2 is 2.19 bits per heavy atom. The lowest BCUT2D eigenvalue weighted by Crippen LogP contribution is -2.29. The number of carbonyl (C=O) groups is 1. The highest BCUT2D eigenvalue weighted by Crippen LogP contribution is 2.36. The number of carbonyl (C=O) groups excluding carboxylic acids is 1. The van der Waals surface area contributed by atoms with E-state index in [9.17, 15) is 9.90 Å². The van der Waals surface area contributed by atoms with Gasteiger partial charge in [0.25, 0.3) is 0 Å². The quantitative estimate of drug-likeness (QED) is 0.333. The number of thiophene rings is 1. The summed E-state index contributed by atoms with van der Waals surface area (Å²) in [5.41, 5.74) is 1.37. The third kappa shape index (κ3) is 5.40. The van der Waals surface area contributed by atoms with E-state index in [2.05, 4.69) is 15.5 Å². The van der Waals surface area contributed by atoms with Crippen molar-refractivity contribution in [2.24, 2.45) is 0 Å². The molecule has 0 radical (unpaired) electrons. The van der Waals surface area contributed by atoms with Crippen LogP contribution in [0.15, 0.2) is 28.1 Å². The van der Waals surface area contributed by atoms with Gasteiger partial charge in [0, 0.05) is 28.7 Å². The van der Waals surface area contributed by atoms with Crippen LogP contribution < -0.4 is 10.1 Å². The molecule has 3 aromatic rings. The molecular formula is C21H23N3O5S3. The number of methoxy groups -OCH3 is 2. The predicted molar refractivity (Wildman–Crippen MR) is 128 cm³/mol. The molecule has 0 aliphatic carbocycles. The monoisotopic (exact) mass is 493 g/mol. The van der Waals surface area contributed by atoms with Gasteiger partial charge in [-0.15, -0.1) is 11.3 Å². The first kappa shape index (κ1) is 24.0. The Balaban J connectivity index is 1.80. The summed E-state index contributed by atoms with van der Waals surface area (Å²) in [7, 11) is 2.79.